The summed E-state index contributed by atoms with van der Waals surface area (Å²) in [6, 6.07) is 6.98. The second kappa shape index (κ2) is 3.70. The van der Waals surface area contributed by atoms with Crippen molar-refractivity contribution < 1.29 is 8.42 Å². The van der Waals surface area contributed by atoms with E-state index in [1.165, 1.54) is 0 Å². The van der Waals surface area contributed by atoms with Gasteiger partial charge in [-0.25, -0.2) is 13.4 Å². The van der Waals surface area contributed by atoms with Gasteiger partial charge in [-0.2, -0.15) is 0 Å². The molecular formula is C14H14N2O2S. The molecule has 1 aromatic carbocycles. The molecule has 0 N–H and O–H groups in total. The van der Waals surface area contributed by atoms with E-state index in [4.69, 9.17) is 0 Å². The maximum absolute atomic E-state index is 12.6. The van der Waals surface area contributed by atoms with E-state index in [0.717, 1.165) is 31.5 Å². The zero-order valence-corrected chi connectivity index (χ0v) is 11.2. The van der Waals surface area contributed by atoms with Crippen molar-refractivity contribution in [3.63, 3.8) is 0 Å². The van der Waals surface area contributed by atoms with Crippen molar-refractivity contribution in [2.24, 2.45) is 10.9 Å². The third-order valence-corrected chi connectivity index (χ3v) is 5.93. The fourth-order valence-electron chi connectivity index (χ4n) is 3.14. The monoisotopic (exact) mass is 274 g/mol. The van der Waals surface area contributed by atoms with Crippen LogP contribution in [0.5, 0.6) is 0 Å². The fourth-order valence-corrected chi connectivity index (χ4v) is 4.74. The lowest BCUT2D eigenvalue weighted by atomic mass is 9.86. The third kappa shape index (κ3) is 1.51. The molecule has 0 amide bonds. The van der Waals surface area contributed by atoms with Crippen LogP contribution in [-0.2, 0) is 9.84 Å². The van der Waals surface area contributed by atoms with Gasteiger partial charge in [0.05, 0.1) is 10.6 Å². The second-order valence-electron chi connectivity index (χ2n) is 5.28. The summed E-state index contributed by atoms with van der Waals surface area (Å²) in [6.07, 6.45) is 4.08. The maximum atomic E-state index is 12.6. The topological polar surface area (TPSA) is 49.7 Å². The van der Waals surface area contributed by atoms with Gasteiger partial charge in [-0.15, -0.1) is 0 Å². The molecule has 0 aliphatic carbocycles. The Balaban J connectivity index is 1.87. The van der Waals surface area contributed by atoms with Crippen LogP contribution in [0.4, 0.5) is 5.69 Å². The van der Waals surface area contributed by atoms with Crippen molar-refractivity contribution >= 4 is 20.6 Å². The molecule has 4 aliphatic heterocycles. The Hall–Kier alpha value is -1.62. The van der Waals surface area contributed by atoms with Gasteiger partial charge < -0.3 is 4.90 Å². The van der Waals surface area contributed by atoms with Gasteiger partial charge in [-0.05, 0) is 30.9 Å². The highest BCUT2D eigenvalue weighted by molar-refractivity contribution is 8.07. The van der Waals surface area contributed by atoms with E-state index in [0.29, 0.717) is 16.5 Å². The van der Waals surface area contributed by atoms with E-state index < -0.39 is 9.84 Å². The van der Waals surface area contributed by atoms with Gasteiger partial charge in [0, 0.05) is 24.9 Å². The number of fused-ring (bicyclic) bond motifs is 3. The molecule has 98 valence electrons. The Morgan fingerprint density at radius 1 is 1.16 bits per heavy atom. The van der Waals surface area contributed by atoms with Crippen LogP contribution in [0.1, 0.15) is 12.8 Å². The summed E-state index contributed by atoms with van der Waals surface area (Å²) in [4.78, 5) is 6.93. The SMILES string of the molecule is O=S1(=O)C(C2=CN3CCC2CC3)=Nc2ccccc21. The first kappa shape index (κ1) is 11.2. The molecule has 0 atom stereocenters. The summed E-state index contributed by atoms with van der Waals surface area (Å²) in [5.41, 5.74) is 1.49. The van der Waals surface area contributed by atoms with Gasteiger partial charge in [-0.3, -0.25) is 0 Å². The van der Waals surface area contributed by atoms with Gasteiger partial charge in [0.25, 0.3) is 0 Å². The summed E-state index contributed by atoms with van der Waals surface area (Å²) in [5.74, 6) is 0.354. The largest absolute Gasteiger partial charge is 0.377 e. The highest BCUT2D eigenvalue weighted by Gasteiger charge is 2.39. The standard InChI is InChI=1S/C14H14N2O2S/c17-19(18)13-4-2-1-3-12(13)15-14(19)11-9-16-7-5-10(11)6-8-16/h1-4,9-10H,5-8H2. The van der Waals surface area contributed by atoms with E-state index in [1.54, 1.807) is 18.2 Å². The number of para-hydroxylation sites is 1. The predicted octanol–water partition coefficient (Wildman–Crippen LogP) is 2.11. The van der Waals surface area contributed by atoms with Crippen LogP contribution in [0.2, 0.25) is 0 Å². The predicted molar refractivity (Wildman–Crippen MR) is 73.1 cm³/mol. The molecule has 19 heavy (non-hydrogen) atoms. The zero-order chi connectivity index (χ0) is 13.0. The van der Waals surface area contributed by atoms with Gasteiger partial charge in [0.1, 0.15) is 0 Å². The smallest absolute Gasteiger partial charge is 0.226 e. The minimum atomic E-state index is -3.41. The lowest BCUT2D eigenvalue weighted by Crippen LogP contribution is -2.39. The molecule has 0 spiro atoms. The van der Waals surface area contributed by atoms with E-state index >= 15 is 0 Å². The van der Waals surface area contributed by atoms with Gasteiger partial charge in [0.2, 0.25) is 9.84 Å². The zero-order valence-electron chi connectivity index (χ0n) is 10.4. The third-order valence-electron chi connectivity index (χ3n) is 4.17. The number of aliphatic imine (C=N–C) groups is 1. The Kier molecular flexibility index (Phi) is 2.18. The number of piperidine rings is 1. The highest BCUT2D eigenvalue weighted by Crippen LogP contribution is 2.40. The van der Waals surface area contributed by atoms with Crippen molar-refractivity contribution in [3.05, 3.63) is 36.0 Å². The molecule has 2 bridgehead atoms. The number of hydrogen-bond acceptors (Lipinski definition) is 4. The molecule has 1 fully saturated rings. The Morgan fingerprint density at radius 3 is 2.53 bits per heavy atom. The quantitative estimate of drug-likeness (QED) is 0.788. The number of nitrogens with zero attached hydrogens (tertiary/aromatic N) is 2. The molecule has 0 aromatic heterocycles. The minimum absolute atomic E-state index is 0.281. The molecule has 1 saturated heterocycles. The molecule has 4 aliphatic rings. The van der Waals surface area contributed by atoms with Gasteiger partial charge in [0.15, 0.2) is 5.04 Å². The average molecular weight is 274 g/mol. The van der Waals surface area contributed by atoms with E-state index in [1.807, 2.05) is 12.3 Å². The van der Waals surface area contributed by atoms with Crippen molar-refractivity contribution in [2.75, 3.05) is 13.1 Å². The summed E-state index contributed by atoms with van der Waals surface area (Å²) in [7, 11) is -3.41. The Morgan fingerprint density at radius 2 is 1.89 bits per heavy atom. The first-order valence-electron chi connectivity index (χ1n) is 6.55. The number of rotatable bonds is 1. The molecule has 0 unspecified atom stereocenters. The summed E-state index contributed by atoms with van der Waals surface area (Å²) in [5, 5.41) is 0.281. The van der Waals surface area contributed by atoms with Crippen molar-refractivity contribution in [2.45, 2.75) is 17.7 Å². The summed E-state index contributed by atoms with van der Waals surface area (Å²) >= 11 is 0. The fraction of sp³-hybridized carbons (Fsp3) is 0.357. The van der Waals surface area contributed by atoms with E-state index in [9.17, 15) is 8.42 Å². The van der Waals surface area contributed by atoms with Crippen LogP contribution in [0, 0.1) is 5.92 Å². The molecule has 4 nitrogen and oxygen atoms in total. The normalized spacial score (nSPS) is 24.1. The Bertz CT molecular complexity index is 711. The van der Waals surface area contributed by atoms with E-state index in [2.05, 4.69) is 9.89 Å². The Labute approximate surface area is 112 Å². The second-order valence-corrected chi connectivity index (χ2v) is 7.12. The molecule has 5 rings (SSSR count). The molecule has 0 saturated carbocycles. The average Bonchev–Trinajstić information content (AvgIpc) is 2.72. The lowest BCUT2D eigenvalue weighted by molar-refractivity contribution is 0.237. The minimum Gasteiger partial charge on any atom is -0.377 e. The van der Waals surface area contributed by atoms with Crippen LogP contribution in [0.3, 0.4) is 0 Å². The van der Waals surface area contributed by atoms with Crippen LogP contribution in [0.15, 0.2) is 45.9 Å². The van der Waals surface area contributed by atoms with Crippen molar-refractivity contribution in [3.8, 4) is 0 Å². The van der Waals surface area contributed by atoms with Crippen LogP contribution in [-0.4, -0.2) is 31.5 Å². The molecule has 4 heterocycles. The molecule has 5 heteroatoms. The van der Waals surface area contributed by atoms with Crippen molar-refractivity contribution in [1.29, 1.82) is 0 Å². The first-order valence-corrected chi connectivity index (χ1v) is 8.03. The number of hydrogen-bond donors (Lipinski definition) is 0. The highest BCUT2D eigenvalue weighted by atomic mass is 32.2. The van der Waals surface area contributed by atoms with Crippen LogP contribution >= 0.6 is 0 Å². The lowest BCUT2D eigenvalue weighted by Gasteiger charge is -2.38. The van der Waals surface area contributed by atoms with Gasteiger partial charge >= 0.3 is 0 Å². The molecule has 0 radical (unpaired) electrons. The molecular weight excluding hydrogens is 260 g/mol. The van der Waals surface area contributed by atoms with E-state index in [-0.39, 0.29) is 5.04 Å². The number of benzene rings is 1. The first-order chi connectivity index (χ1) is 9.16. The summed E-state index contributed by atoms with van der Waals surface area (Å²) in [6.45, 7) is 2.07. The molecule has 1 aromatic rings. The van der Waals surface area contributed by atoms with Crippen molar-refractivity contribution in [1.82, 2.24) is 4.90 Å². The van der Waals surface area contributed by atoms with Crippen LogP contribution in [0.25, 0.3) is 0 Å². The number of sulfone groups is 1. The maximum Gasteiger partial charge on any atom is 0.226 e. The van der Waals surface area contributed by atoms with Crippen LogP contribution < -0.4 is 0 Å². The van der Waals surface area contributed by atoms with Gasteiger partial charge in [-0.1, -0.05) is 12.1 Å². The summed E-state index contributed by atoms with van der Waals surface area (Å²) < 4.78 is 25.1.